The normalized spacial score (nSPS) is 11.5. The molecule has 2 aromatic heterocycles. The lowest BCUT2D eigenvalue weighted by atomic mass is 10.0. The first-order valence-corrected chi connectivity index (χ1v) is 10.1. The number of halogens is 1. The molecule has 0 unspecified atom stereocenters. The van der Waals surface area contributed by atoms with Gasteiger partial charge in [-0.15, -0.1) is 0 Å². The minimum Gasteiger partial charge on any atom is -0.457 e. The number of para-hydroxylation sites is 1. The summed E-state index contributed by atoms with van der Waals surface area (Å²) in [5, 5.41) is 1.92. The van der Waals surface area contributed by atoms with Crippen molar-refractivity contribution in [3.05, 3.63) is 105 Å². The number of rotatable bonds is 2. The molecule has 0 atom stereocenters. The van der Waals surface area contributed by atoms with Crippen LogP contribution in [0.3, 0.4) is 0 Å². The Labute approximate surface area is 179 Å². The highest BCUT2D eigenvalue weighted by Gasteiger charge is 2.14. The highest BCUT2D eigenvalue weighted by Crippen LogP contribution is 2.29. The van der Waals surface area contributed by atoms with Gasteiger partial charge in [-0.2, -0.15) is 0 Å². The predicted octanol–water partition coefficient (Wildman–Crippen LogP) is 5.61. The van der Waals surface area contributed by atoms with E-state index in [1.165, 1.54) is 24.3 Å². The molecule has 0 radical (unpaired) electrons. The molecular weight excluding hydrogens is 407 g/mol. The molecule has 0 aliphatic heterocycles. The predicted molar refractivity (Wildman–Crippen MR) is 124 cm³/mol. The summed E-state index contributed by atoms with van der Waals surface area (Å²) in [4.78, 5) is 33.0. The van der Waals surface area contributed by atoms with Crippen LogP contribution in [0.4, 0.5) is 4.39 Å². The third-order valence-electron chi connectivity index (χ3n) is 5.65. The van der Waals surface area contributed by atoms with Crippen LogP contribution in [0.15, 0.2) is 88.5 Å². The van der Waals surface area contributed by atoms with Crippen molar-refractivity contribution in [2.45, 2.75) is 0 Å². The van der Waals surface area contributed by atoms with Crippen LogP contribution in [-0.4, -0.2) is 9.97 Å². The van der Waals surface area contributed by atoms with Gasteiger partial charge >= 0.3 is 0 Å². The van der Waals surface area contributed by atoms with Crippen molar-refractivity contribution in [2.24, 2.45) is 0 Å². The zero-order chi connectivity index (χ0) is 21.8. The van der Waals surface area contributed by atoms with Crippen LogP contribution in [0, 0.1) is 5.82 Å². The van der Waals surface area contributed by atoms with Crippen molar-refractivity contribution in [2.75, 3.05) is 0 Å². The minimum atomic E-state index is -0.368. The first-order valence-electron chi connectivity index (χ1n) is 10.1. The smallest absolute Gasteiger partial charge is 0.201 e. The Morgan fingerprint density at radius 2 is 1.28 bits per heavy atom. The summed E-state index contributed by atoms with van der Waals surface area (Å²) in [6.07, 6.45) is 0. The maximum Gasteiger partial charge on any atom is 0.201 e. The Bertz CT molecular complexity index is 1800. The molecule has 6 aromatic rings. The molecule has 0 aliphatic rings. The highest BCUT2D eigenvalue weighted by atomic mass is 19.1. The van der Waals surface area contributed by atoms with Gasteiger partial charge in [0, 0.05) is 21.7 Å². The van der Waals surface area contributed by atoms with Crippen molar-refractivity contribution in [1.82, 2.24) is 9.97 Å². The maximum absolute atomic E-state index is 13.5. The summed E-state index contributed by atoms with van der Waals surface area (Å²) < 4.78 is 19.1. The number of aromatic amines is 2. The van der Waals surface area contributed by atoms with Crippen molar-refractivity contribution >= 4 is 43.6 Å². The van der Waals surface area contributed by atoms with E-state index >= 15 is 0 Å². The number of hydrogen-bond donors (Lipinski definition) is 2. The number of pyridine rings is 2. The van der Waals surface area contributed by atoms with Crippen molar-refractivity contribution in [3.8, 4) is 11.5 Å². The van der Waals surface area contributed by atoms with E-state index < -0.39 is 0 Å². The van der Waals surface area contributed by atoms with Crippen LogP contribution in [0.5, 0.6) is 11.5 Å². The molecular formula is C26H15FN2O3. The van der Waals surface area contributed by atoms with E-state index in [1.807, 2.05) is 18.2 Å². The molecule has 32 heavy (non-hydrogen) atoms. The molecule has 4 aromatic carbocycles. The first kappa shape index (κ1) is 18.3. The van der Waals surface area contributed by atoms with Gasteiger partial charge in [-0.25, -0.2) is 4.39 Å². The number of benzene rings is 4. The average molecular weight is 422 g/mol. The molecule has 2 N–H and O–H groups in total. The molecule has 0 spiro atoms. The van der Waals surface area contributed by atoms with Gasteiger partial charge in [-0.1, -0.05) is 18.2 Å². The second kappa shape index (κ2) is 6.78. The summed E-state index contributed by atoms with van der Waals surface area (Å²) in [5.74, 6) is 0.421. The molecule has 6 rings (SSSR count). The SMILES string of the molecule is O=c1c2ccccc2[nH]c2cc3c(=O)c4c(Oc5ccc(F)cc5)cccc4[nH]c3cc12. The highest BCUT2D eigenvalue weighted by molar-refractivity contribution is 6.03. The molecule has 0 aliphatic carbocycles. The summed E-state index contributed by atoms with van der Waals surface area (Å²) in [6.45, 7) is 0. The fourth-order valence-corrected chi connectivity index (χ4v) is 4.13. The number of fused-ring (bicyclic) bond motifs is 4. The van der Waals surface area contributed by atoms with Gasteiger partial charge in [0.25, 0.3) is 0 Å². The van der Waals surface area contributed by atoms with E-state index in [0.29, 0.717) is 55.1 Å². The number of ether oxygens (including phenoxy) is 1. The van der Waals surface area contributed by atoms with Crippen LogP contribution in [0.1, 0.15) is 0 Å². The Kier molecular flexibility index (Phi) is 3.89. The zero-order valence-electron chi connectivity index (χ0n) is 16.6. The van der Waals surface area contributed by atoms with Gasteiger partial charge in [-0.3, -0.25) is 9.59 Å². The molecule has 0 bridgehead atoms. The van der Waals surface area contributed by atoms with Crippen LogP contribution in [-0.2, 0) is 0 Å². The van der Waals surface area contributed by atoms with Gasteiger partial charge in [0.15, 0.2) is 5.43 Å². The summed E-state index contributed by atoms with van der Waals surface area (Å²) >= 11 is 0. The van der Waals surface area contributed by atoms with Gasteiger partial charge in [0.05, 0.1) is 21.9 Å². The standard InChI is InChI=1S/C26H15FN2O3/c27-14-8-10-15(11-9-14)32-23-7-3-6-20-24(23)26(31)18-13-21-17(12-22(18)29-20)25(30)16-4-1-2-5-19(16)28-21/h1-13H,(H,28,30)(H,29,31). The number of aromatic nitrogens is 2. The molecule has 0 saturated heterocycles. The molecule has 6 heteroatoms. The van der Waals surface area contributed by atoms with Crippen LogP contribution < -0.4 is 15.6 Å². The van der Waals surface area contributed by atoms with Crippen molar-refractivity contribution in [3.63, 3.8) is 0 Å². The lowest BCUT2D eigenvalue weighted by molar-refractivity contribution is 0.486. The van der Waals surface area contributed by atoms with Gasteiger partial charge in [0.1, 0.15) is 17.3 Å². The monoisotopic (exact) mass is 422 g/mol. The van der Waals surface area contributed by atoms with Gasteiger partial charge < -0.3 is 14.7 Å². The fraction of sp³-hybridized carbons (Fsp3) is 0. The molecule has 0 saturated carbocycles. The van der Waals surface area contributed by atoms with E-state index in [-0.39, 0.29) is 16.7 Å². The van der Waals surface area contributed by atoms with Crippen LogP contribution in [0.25, 0.3) is 43.6 Å². The largest absolute Gasteiger partial charge is 0.457 e. The Balaban J connectivity index is 1.64. The van der Waals surface area contributed by atoms with Crippen LogP contribution >= 0.6 is 0 Å². The first-order chi connectivity index (χ1) is 15.6. The molecule has 0 fully saturated rings. The minimum absolute atomic E-state index is 0.0920. The summed E-state index contributed by atoms with van der Waals surface area (Å²) in [6, 6.07) is 21.6. The van der Waals surface area contributed by atoms with E-state index in [1.54, 1.807) is 36.4 Å². The number of hydrogen-bond acceptors (Lipinski definition) is 3. The number of nitrogens with one attached hydrogen (secondary N) is 2. The van der Waals surface area contributed by atoms with Crippen molar-refractivity contribution in [1.29, 1.82) is 0 Å². The van der Waals surface area contributed by atoms with Crippen molar-refractivity contribution < 1.29 is 9.13 Å². The fourth-order valence-electron chi connectivity index (χ4n) is 4.13. The second-order valence-corrected chi connectivity index (χ2v) is 7.63. The Morgan fingerprint density at radius 3 is 2.06 bits per heavy atom. The maximum atomic E-state index is 13.5. The molecule has 2 heterocycles. The third-order valence-corrected chi connectivity index (χ3v) is 5.65. The molecule has 0 amide bonds. The van der Waals surface area contributed by atoms with E-state index in [4.69, 9.17) is 4.74 Å². The lowest BCUT2D eigenvalue weighted by Crippen LogP contribution is -2.08. The second-order valence-electron chi connectivity index (χ2n) is 7.63. The van der Waals surface area contributed by atoms with Crippen LogP contribution in [0.2, 0.25) is 0 Å². The summed E-state index contributed by atoms with van der Waals surface area (Å²) in [5.41, 5.74) is 2.13. The summed E-state index contributed by atoms with van der Waals surface area (Å²) in [7, 11) is 0. The van der Waals surface area contributed by atoms with Gasteiger partial charge in [-0.05, 0) is 60.7 Å². The van der Waals surface area contributed by atoms with E-state index in [0.717, 1.165) is 0 Å². The Hall–Kier alpha value is -4.45. The average Bonchev–Trinajstić information content (AvgIpc) is 2.80. The third kappa shape index (κ3) is 2.77. The quantitative estimate of drug-likeness (QED) is 0.356. The van der Waals surface area contributed by atoms with Gasteiger partial charge in [0.2, 0.25) is 5.43 Å². The topological polar surface area (TPSA) is 74.9 Å². The zero-order valence-corrected chi connectivity index (χ0v) is 16.6. The van der Waals surface area contributed by atoms with E-state index in [9.17, 15) is 14.0 Å². The number of H-pyrrole nitrogens is 2. The lowest BCUT2D eigenvalue weighted by Gasteiger charge is -2.11. The molecule has 154 valence electrons. The Morgan fingerprint density at radius 1 is 0.625 bits per heavy atom. The molecule has 5 nitrogen and oxygen atoms in total. The van der Waals surface area contributed by atoms with E-state index in [2.05, 4.69) is 9.97 Å².